The number of piperidine rings is 1. The molecular formula is C27H31N3O2. The molecular weight excluding hydrogens is 398 g/mol. The number of aryl methyl sites for hydroxylation is 1. The van der Waals surface area contributed by atoms with Crippen LogP contribution in [0, 0.1) is 6.92 Å². The molecule has 5 heteroatoms. The Morgan fingerprint density at radius 2 is 1.88 bits per heavy atom. The van der Waals surface area contributed by atoms with E-state index in [1.165, 1.54) is 5.56 Å². The van der Waals surface area contributed by atoms with E-state index in [4.69, 9.17) is 9.72 Å². The highest BCUT2D eigenvalue weighted by atomic mass is 16.5. The van der Waals surface area contributed by atoms with E-state index < -0.39 is 0 Å². The molecule has 5 nitrogen and oxygen atoms in total. The molecule has 166 valence electrons. The Morgan fingerprint density at radius 1 is 1.12 bits per heavy atom. The molecule has 2 heterocycles. The number of rotatable bonds is 6. The third-order valence-electron chi connectivity index (χ3n) is 5.82. The maximum atomic E-state index is 13.2. The van der Waals surface area contributed by atoms with Crippen molar-refractivity contribution in [3.63, 3.8) is 0 Å². The van der Waals surface area contributed by atoms with E-state index in [2.05, 4.69) is 29.2 Å². The van der Waals surface area contributed by atoms with Crippen molar-refractivity contribution in [3.8, 4) is 5.75 Å². The lowest BCUT2D eigenvalue weighted by Crippen LogP contribution is -2.39. The second-order valence-electron chi connectivity index (χ2n) is 8.77. The minimum Gasteiger partial charge on any atom is -0.491 e. The summed E-state index contributed by atoms with van der Waals surface area (Å²) in [7, 11) is 0. The average molecular weight is 430 g/mol. The van der Waals surface area contributed by atoms with Crippen LogP contribution in [0.15, 0.2) is 60.8 Å². The second-order valence-corrected chi connectivity index (χ2v) is 8.77. The number of likely N-dealkylation sites (tertiary alicyclic amines) is 1. The highest BCUT2D eigenvalue weighted by Gasteiger charge is 2.28. The van der Waals surface area contributed by atoms with E-state index in [1.807, 2.05) is 62.2 Å². The van der Waals surface area contributed by atoms with E-state index >= 15 is 0 Å². The normalized spacial score (nSPS) is 16.2. The van der Waals surface area contributed by atoms with Gasteiger partial charge >= 0.3 is 0 Å². The van der Waals surface area contributed by atoms with Crippen LogP contribution in [0.25, 0.3) is 0 Å². The van der Waals surface area contributed by atoms with Crippen LogP contribution in [-0.4, -0.2) is 40.0 Å². The van der Waals surface area contributed by atoms with Crippen molar-refractivity contribution >= 4 is 5.91 Å². The highest BCUT2D eigenvalue weighted by Crippen LogP contribution is 2.30. The lowest BCUT2D eigenvalue weighted by atomic mass is 9.90. The number of amides is 1. The van der Waals surface area contributed by atoms with Gasteiger partial charge in [-0.2, -0.15) is 0 Å². The highest BCUT2D eigenvalue weighted by molar-refractivity contribution is 5.94. The van der Waals surface area contributed by atoms with Gasteiger partial charge in [-0.3, -0.25) is 4.79 Å². The van der Waals surface area contributed by atoms with Gasteiger partial charge in [0.15, 0.2) is 0 Å². The molecule has 0 saturated carbocycles. The lowest BCUT2D eigenvalue weighted by Gasteiger charge is -2.33. The van der Waals surface area contributed by atoms with Gasteiger partial charge in [-0.05, 0) is 69.0 Å². The molecule has 0 bridgehead atoms. The number of aromatic nitrogens is 2. The molecule has 1 aliphatic heterocycles. The molecule has 1 aliphatic rings. The van der Waals surface area contributed by atoms with Crippen LogP contribution in [-0.2, 0) is 6.42 Å². The molecule has 0 radical (unpaired) electrons. The number of carbonyl (C=O) groups excluding carboxylic acids is 1. The summed E-state index contributed by atoms with van der Waals surface area (Å²) >= 11 is 0. The Morgan fingerprint density at radius 3 is 2.59 bits per heavy atom. The summed E-state index contributed by atoms with van der Waals surface area (Å²) in [5, 5.41) is 0. The number of hydrogen-bond acceptors (Lipinski definition) is 4. The first kappa shape index (κ1) is 22.0. The molecule has 1 aromatic heterocycles. The quantitative estimate of drug-likeness (QED) is 0.542. The van der Waals surface area contributed by atoms with Crippen LogP contribution in [0.4, 0.5) is 0 Å². The van der Waals surface area contributed by atoms with Gasteiger partial charge in [-0.1, -0.05) is 30.3 Å². The Bertz CT molecular complexity index is 1050. The lowest BCUT2D eigenvalue weighted by molar-refractivity contribution is 0.0705. The van der Waals surface area contributed by atoms with E-state index in [0.29, 0.717) is 12.1 Å². The van der Waals surface area contributed by atoms with Gasteiger partial charge in [0.1, 0.15) is 11.6 Å². The molecule has 2 aromatic carbocycles. The second kappa shape index (κ2) is 9.94. The van der Waals surface area contributed by atoms with E-state index in [0.717, 1.165) is 48.6 Å². The summed E-state index contributed by atoms with van der Waals surface area (Å²) in [6.07, 6.45) is 4.87. The third-order valence-corrected chi connectivity index (χ3v) is 5.82. The Hall–Kier alpha value is -3.21. The molecule has 0 aliphatic carbocycles. The third kappa shape index (κ3) is 5.34. The monoisotopic (exact) mass is 429 g/mol. The topological polar surface area (TPSA) is 55.3 Å². The molecule has 4 rings (SSSR count). The van der Waals surface area contributed by atoms with Crippen molar-refractivity contribution in [1.29, 1.82) is 0 Å². The van der Waals surface area contributed by atoms with Gasteiger partial charge in [0, 0.05) is 37.2 Å². The van der Waals surface area contributed by atoms with E-state index in [-0.39, 0.29) is 17.9 Å². The van der Waals surface area contributed by atoms with E-state index in [1.54, 1.807) is 0 Å². The summed E-state index contributed by atoms with van der Waals surface area (Å²) in [5.74, 6) is 1.86. The van der Waals surface area contributed by atoms with Crippen molar-refractivity contribution in [1.82, 2.24) is 14.9 Å². The smallest absolute Gasteiger partial charge is 0.253 e. The van der Waals surface area contributed by atoms with Crippen molar-refractivity contribution in [2.45, 2.75) is 52.1 Å². The zero-order valence-electron chi connectivity index (χ0n) is 19.1. The Labute approximate surface area is 190 Å². The fourth-order valence-corrected chi connectivity index (χ4v) is 4.33. The minimum atomic E-state index is 0.0705. The average Bonchev–Trinajstić information content (AvgIpc) is 2.81. The van der Waals surface area contributed by atoms with Gasteiger partial charge in [0.2, 0.25) is 0 Å². The summed E-state index contributed by atoms with van der Waals surface area (Å²) in [6, 6.07) is 17.9. The van der Waals surface area contributed by atoms with Crippen molar-refractivity contribution in [3.05, 3.63) is 89.0 Å². The fraction of sp³-hybridized carbons (Fsp3) is 0.370. The molecule has 0 unspecified atom stereocenters. The number of hydrogen-bond donors (Lipinski definition) is 0. The Kier molecular flexibility index (Phi) is 6.84. The molecule has 1 fully saturated rings. The zero-order chi connectivity index (χ0) is 22.5. The predicted molar refractivity (Wildman–Crippen MR) is 126 cm³/mol. The van der Waals surface area contributed by atoms with Crippen molar-refractivity contribution < 1.29 is 9.53 Å². The fourth-order valence-electron chi connectivity index (χ4n) is 4.33. The SMILES string of the molecule is Cc1ncc(Cc2ccccc2)c([C@@H]2CCCN(C(=O)c3ccc(OC(C)C)cc3)C2)n1. The standard InChI is InChI=1S/C27H31N3O2/c1-19(2)32-25-13-11-22(12-14-25)27(31)30-15-7-10-23(18-30)26-24(17-28-20(3)29-26)16-21-8-5-4-6-9-21/h4-6,8-9,11-14,17,19,23H,7,10,15-16,18H2,1-3H3/t23-/m1/s1. The maximum Gasteiger partial charge on any atom is 0.253 e. The summed E-state index contributed by atoms with van der Waals surface area (Å²) in [4.78, 5) is 24.5. The summed E-state index contributed by atoms with van der Waals surface area (Å²) in [5.41, 5.74) is 4.18. The van der Waals surface area contributed by atoms with Crippen molar-refractivity contribution in [2.24, 2.45) is 0 Å². The van der Waals surface area contributed by atoms with E-state index in [9.17, 15) is 4.79 Å². The molecule has 1 atom stereocenters. The van der Waals surface area contributed by atoms with Crippen LogP contribution >= 0.6 is 0 Å². The van der Waals surface area contributed by atoms with Gasteiger partial charge in [-0.15, -0.1) is 0 Å². The maximum absolute atomic E-state index is 13.2. The molecule has 3 aromatic rings. The van der Waals surface area contributed by atoms with Gasteiger partial charge in [-0.25, -0.2) is 9.97 Å². The van der Waals surface area contributed by atoms with Gasteiger partial charge in [0.25, 0.3) is 5.91 Å². The van der Waals surface area contributed by atoms with Crippen LogP contribution in [0.1, 0.15) is 65.6 Å². The summed E-state index contributed by atoms with van der Waals surface area (Å²) in [6.45, 7) is 7.38. The Balaban J connectivity index is 1.51. The van der Waals surface area contributed by atoms with Crippen LogP contribution in [0.2, 0.25) is 0 Å². The molecule has 32 heavy (non-hydrogen) atoms. The largest absolute Gasteiger partial charge is 0.491 e. The van der Waals surface area contributed by atoms with Crippen LogP contribution < -0.4 is 4.74 Å². The van der Waals surface area contributed by atoms with Crippen molar-refractivity contribution in [2.75, 3.05) is 13.1 Å². The molecule has 1 saturated heterocycles. The molecule has 0 spiro atoms. The number of benzene rings is 2. The zero-order valence-corrected chi connectivity index (χ0v) is 19.1. The molecule has 1 amide bonds. The first-order chi connectivity index (χ1) is 15.5. The summed E-state index contributed by atoms with van der Waals surface area (Å²) < 4.78 is 5.70. The molecule has 0 N–H and O–H groups in total. The predicted octanol–water partition coefficient (Wildman–Crippen LogP) is 5.18. The minimum absolute atomic E-state index is 0.0705. The van der Waals surface area contributed by atoms with Gasteiger partial charge < -0.3 is 9.64 Å². The van der Waals surface area contributed by atoms with Crippen LogP contribution in [0.3, 0.4) is 0 Å². The van der Waals surface area contributed by atoms with Crippen LogP contribution in [0.5, 0.6) is 5.75 Å². The number of nitrogens with zero attached hydrogens (tertiary/aromatic N) is 3. The number of ether oxygens (including phenoxy) is 1. The number of carbonyl (C=O) groups is 1. The first-order valence-corrected chi connectivity index (χ1v) is 11.4. The first-order valence-electron chi connectivity index (χ1n) is 11.4. The van der Waals surface area contributed by atoms with Gasteiger partial charge in [0.05, 0.1) is 11.8 Å².